The molecule has 0 radical (unpaired) electrons. The van der Waals surface area contributed by atoms with Crippen LogP contribution in [0.15, 0.2) is 12.3 Å². The molecule has 1 aromatic rings. The molecule has 0 fully saturated rings. The van der Waals surface area contributed by atoms with E-state index < -0.39 is 0 Å². The molecule has 1 atom stereocenters. The summed E-state index contributed by atoms with van der Waals surface area (Å²) in [5.74, 6) is 0.773. The summed E-state index contributed by atoms with van der Waals surface area (Å²) in [5.41, 5.74) is 0.771. The van der Waals surface area contributed by atoms with Gasteiger partial charge >= 0.3 is 0 Å². The summed E-state index contributed by atoms with van der Waals surface area (Å²) in [5, 5.41) is 3.16. The maximum absolute atomic E-state index is 13.2. The van der Waals surface area contributed by atoms with Crippen LogP contribution in [0.1, 0.15) is 39.7 Å². The highest BCUT2D eigenvalue weighted by molar-refractivity contribution is 5.26. The number of nitrogens with zero attached hydrogens (tertiary/aromatic N) is 1. The van der Waals surface area contributed by atoms with E-state index in [1.807, 2.05) is 13.8 Å². The van der Waals surface area contributed by atoms with Gasteiger partial charge in [0.25, 0.3) is 0 Å². The van der Waals surface area contributed by atoms with Crippen molar-refractivity contribution in [1.82, 2.24) is 10.3 Å². The Morgan fingerprint density at radius 3 is 2.72 bits per heavy atom. The van der Waals surface area contributed by atoms with Crippen molar-refractivity contribution in [2.24, 2.45) is 5.92 Å². The molecule has 18 heavy (non-hydrogen) atoms. The van der Waals surface area contributed by atoms with Gasteiger partial charge in [0, 0.05) is 12.1 Å². The molecule has 3 nitrogen and oxygen atoms in total. The molecule has 0 saturated carbocycles. The third kappa shape index (κ3) is 5.00. The zero-order valence-corrected chi connectivity index (χ0v) is 11.7. The van der Waals surface area contributed by atoms with Crippen molar-refractivity contribution < 1.29 is 9.13 Å². The van der Waals surface area contributed by atoms with Gasteiger partial charge < -0.3 is 10.1 Å². The summed E-state index contributed by atoms with van der Waals surface area (Å²) in [4.78, 5) is 4.04. The smallest absolute Gasteiger partial charge is 0.218 e. The molecule has 0 aromatic carbocycles. The van der Waals surface area contributed by atoms with Crippen LogP contribution in [0.2, 0.25) is 0 Å². The third-order valence-electron chi connectivity index (χ3n) is 2.57. The summed E-state index contributed by atoms with van der Waals surface area (Å²) in [6.07, 6.45) is 2.25. The molecule has 1 aromatic heterocycles. The molecule has 4 heteroatoms. The van der Waals surface area contributed by atoms with E-state index in [0.29, 0.717) is 18.3 Å². The van der Waals surface area contributed by atoms with Gasteiger partial charge in [0.05, 0.1) is 12.3 Å². The lowest BCUT2D eigenvalue weighted by Gasteiger charge is -2.18. The van der Waals surface area contributed by atoms with Gasteiger partial charge in [0.1, 0.15) is 5.82 Å². The number of rotatable bonds is 7. The zero-order chi connectivity index (χ0) is 13.5. The average Bonchev–Trinajstić information content (AvgIpc) is 2.28. The van der Waals surface area contributed by atoms with E-state index >= 15 is 0 Å². The van der Waals surface area contributed by atoms with E-state index in [-0.39, 0.29) is 11.9 Å². The van der Waals surface area contributed by atoms with Gasteiger partial charge in [0.15, 0.2) is 0 Å². The molecule has 1 N–H and O–H groups in total. The van der Waals surface area contributed by atoms with Gasteiger partial charge in [0.2, 0.25) is 5.88 Å². The van der Waals surface area contributed by atoms with Gasteiger partial charge in [-0.25, -0.2) is 9.37 Å². The van der Waals surface area contributed by atoms with E-state index in [2.05, 4.69) is 24.1 Å². The quantitative estimate of drug-likeness (QED) is 0.811. The van der Waals surface area contributed by atoms with E-state index in [4.69, 9.17) is 4.74 Å². The van der Waals surface area contributed by atoms with Crippen molar-refractivity contribution in [3.05, 3.63) is 23.6 Å². The molecule has 0 aliphatic rings. The monoisotopic (exact) mass is 254 g/mol. The summed E-state index contributed by atoms with van der Waals surface area (Å²) in [6, 6.07) is 1.48. The Kier molecular flexibility index (Phi) is 6.05. The Bertz CT molecular complexity index is 369. The first-order chi connectivity index (χ1) is 8.52. The number of hydrogen-bond donors (Lipinski definition) is 1. The molecule has 0 aliphatic carbocycles. The maximum atomic E-state index is 13.2. The average molecular weight is 254 g/mol. The predicted octanol–water partition coefficient (Wildman–Crippen LogP) is 3.14. The molecule has 0 aliphatic heterocycles. The lowest BCUT2D eigenvalue weighted by molar-refractivity contribution is 0.183. The van der Waals surface area contributed by atoms with Gasteiger partial charge in [-0.2, -0.15) is 0 Å². The molecule has 1 rings (SSSR count). The van der Waals surface area contributed by atoms with Crippen LogP contribution in [-0.4, -0.2) is 17.6 Å². The van der Waals surface area contributed by atoms with Gasteiger partial charge in [-0.3, -0.25) is 0 Å². The predicted molar refractivity (Wildman–Crippen MR) is 71.1 cm³/mol. The fourth-order valence-electron chi connectivity index (χ4n) is 1.86. The van der Waals surface area contributed by atoms with Gasteiger partial charge in [-0.1, -0.05) is 20.8 Å². The summed E-state index contributed by atoms with van der Waals surface area (Å²) < 4.78 is 19.0. The topological polar surface area (TPSA) is 34.2 Å². The molecule has 0 bridgehead atoms. The van der Waals surface area contributed by atoms with Crippen molar-refractivity contribution in [2.75, 3.05) is 6.54 Å². The van der Waals surface area contributed by atoms with E-state index in [1.54, 1.807) is 0 Å². The summed E-state index contributed by atoms with van der Waals surface area (Å²) >= 11 is 0. The highest BCUT2D eigenvalue weighted by atomic mass is 19.1. The molecule has 0 amide bonds. The van der Waals surface area contributed by atoms with E-state index in [9.17, 15) is 4.39 Å². The second kappa shape index (κ2) is 7.31. The normalized spacial score (nSPS) is 12.8. The maximum Gasteiger partial charge on any atom is 0.218 e. The fourth-order valence-corrected chi connectivity index (χ4v) is 1.86. The number of nitrogens with one attached hydrogen (secondary N) is 1. The zero-order valence-electron chi connectivity index (χ0n) is 11.7. The Labute approximate surface area is 109 Å². The highest BCUT2D eigenvalue weighted by Gasteiger charge is 2.12. The number of ether oxygens (including phenoxy) is 1. The van der Waals surface area contributed by atoms with Crippen molar-refractivity contribution in [3.8, 4) is 5.88 Å². The molecular formula is C14H23FN2O. The number of hydrogen-bond acceptors (Lipinski definition) is 3. The van der Waals surface area contributed by atoms with Crippen molar-refractivity contribution >= 4 is 0 Å². The second-order valence-electron chi connectivity index (χ2n) is 4.96. The van der Waals surface area contributed by atoms with Crippen LogP contribution in [0.25, 0.3) is 0 Å². The Hall–Kier alpha value is -1.16. The molecule has 102 valence electrons. The minimum atomic E-state index is -0.327. The van der Waals surface area contributed by atoms with Crippen LogP contribution in [0.5, 0.6) is 5.88 Å². The van der Waals surface area contributed by atoms with Crippen molar-refractivity contribution in [2.45, 2.75) is 46.8 Å². The second-order valence-corrected chi connectivity index (χ2v) is 4.96. The number of halogens is 1. The van der Waals surface area contributed by atoms with E-state index in [1.165, 1.54) is 12.3 Å². The Morgan fingerprint density at radius 1 is 1.39 bits per heavy atom. The lowest BCUT2D eigenvalue weighted by Crippen LogP contribution is -2.18. The first kappa shape index (κ1) is 14.9. The fraction of sp³-hybridized carbons (Fsp3) is 0.643. The first-order valence-electron chi connectivity index (χ1n) is 6.54. The largest absolute Gasteiger partial charge is 0.474 e. The SMILES string of the molecule is CCNCc1cc(F)cnc1OC(C)CC(C)C. The van der Waals surface area contributed by atoms with Crippen molar-refractivity contribution in [3.63, 3.8) is 0 Å². The molecule has 1 unspecified atom stereocenters. The molecule has 1 heterocycles. The minimum Gasteiger partial charge on any atom is -0.474 e. The third-order valence-corrected chi connectivity index (χ3v) is 2.57. The van der Waals surface area contributed by atoms with E-state index in [0.717, 1.165) is 18.5 Å². The molecule has 0 saturated heterocycles. The highest BCUT2D eigenvalue weighted by Crippen LogP contribution is 2.19. The Balaban J connectivity index is 2.73. The van der Waals surface area contributed by atoms with Gasteiger partial charge in [-0.05, 0) is 31.9 Å². The molecular weight excluding hydrogens is 231 g/mol. The van der Waals surface area contributed by atoms with Crippen LogP contribution in [0.4, 0.5) is 4.39 Å². The standard InChI is InChI=1S/C14H23FN2O/c1-5-16-8-12-7-13(15)9-17-14(12)18-11(4)6-10(2)3/h7,9-11,16H,5-6,8H2,1-4H3. The number of aromatic nitrogens is 1. The van der Waals surface area contributed by atoms with Crippen LogP contribution in [0, 0.1) is 11.7 Å². The van der Waals surface area contributed by atoms with Crippen LogP contribution in [0.3, 0.4) is 0 Å². The van der Waals surface area contributed by atoms with Crippen LogP contribution in [-0.2, 0) is 6.54 Å². The first-order valence-corrected chi connectivity index (χ1v) is 6.54. The van der Waals surface area contributed by atoms with Gasteiger partial charge in [-0.15, -0.1) is 0 Å². The lowest BCUT2D eigenvalue weighted by atomic mass is 10.1. The Morgan fingerprint density at radius 2 is 2.11 bits per heavy atom. The summed E-state index contributed by atoms with van der Waals surface area (Å²) in [7, 11) is 0. The number of pyridine rings is 1. The molecule has 0 spiro atoms. The van der Waals surface area contributed by atoms with Crippen molar-refractivity contribution in [1.29, 1.82) is 0 Å². The van der Waals surface area contributed by atoms with Crippen LogP contribution < -0.4 is 10.1 Å². The van der Waals surface area contributed by atoms with Crippen LogP contribution >= 0.6 is 0 Å². The minimum absolute atomic E-state index is 0.0864. The summed E-state index contributed by atoms with van der Waals surface area (Å²) in [6.45, 7) is 9.73.